The van der Waals surface area contributed by atoms with Gasteiger partial charge >= 0.3 is 0 Å². The summed E-state index contributed by atoms with van der Waals surface area (Å²) in [7, 11) is 1.69. The van der Waals surface area contributed by atoms with Crippen LogP contribution in [-0.2, 0) is 12.3 Å². The fourth-order valence-electron chi connectivity index (χ4n) is 2.37. The molecule has 0 bridgehead atoms. The molecule has 2 heterocycles. The summed E-state index contributed by atoms with van der Waals surface area (Å²) in [6.45, 7) is 4.49. The molecule has 0 saturated heterocycles. The summed E-state index contributed by atoms with van der Waals surface area (Å²) in [5.74, 6) is 2.46. The Morgan fingerprint density at radius 2 is 1.96 bits per heavy atom. The number of rotatable bonds is 7. The highest BCUT2D eigenvalue weighted by Gasteiger charge is 2.14. The van der Waals surface area contributed by atoms with Crippen molar-refractivity contribution in [2.24, 2.45) is 0 Å². The van der Waals surface area contributed by atoms with Crippen LogP contribution in [0.5, 0.6) is 5.75 Å². The van der Waals surface area contributed by atoms with Gasteiger partial charge in [-0.3, -0.25) is 9.55 Å². The summed E-state index contributed by atoms with van der Waals surface area (Å²) >= 11 is 1.63. The average Bonchev–Trinajstić information content (AvgIpc) is 3.04. The van der Waals surface area contributed by atoms with Crippen LogP contribution in [0.15, 0.2) is 66.6 Å². The second-order valence-corrected chi connectivity index (χ2v) is 5.98. The third kappa shape index (κ3) is 3.49. The molecule has 5 nitrogen and oxygen atoms in total. The lowest BCUT2D eigenvalue weighted by molar-refractivity contribution is 0.411. The number of hydrogen-bond donors (Lipinski definition) is 0. The molecule has 0 spiro atoms. The number of pyridine rings is 1. The minimum absolute atomic E-state index is 0.652. The maximum absolute atomic E-state index is 5.41. The fraction of sp³-hybridized carbons (Fsp3) is 0.167. The molecule has 0 radical (unpaired) electrons. The molecule has 24 heavy (non-hydrogen) atoms. The number of allylic oxidation sites excluding steroid dienone is 1. The van der Waals surface area contributed by atoms with E-state index in [1.807, 2.05) is 36.4 Å². The van der Waals surface area contributed by atoms with E-state index in [0.717, 1.165) is 33.6 Å². The quantitative estimate of drug-likeness (QED) is 0.484. The SMILES string of the molecule is C=CCn1c(SCc2ccccc2OC)nnc1-c1ccncc1. The topological polar surface area (TPSA) is 52.8 Å². The number of para-hydroxylation sites is 1. The maximum Gasteiger partial charge on any atom is 0.192 e. The van der Waals surface area contributed by atoms with Crippen molar-refractivity contribution in [2.75, 3.05) is 7.11 Å². The smallest absolute Gasteiger partial charge is 0.192 e. The van der Waals surface area contributed by atoms with Gasteiger partial charge in [0.2, 0.25) is 0 Å². The van der Waals surface area contributed by atoms with E-state index in [1.54, 1.807) is 31.3 Å². The van der Waals surface area contributed by atoms with Crippen molar-refractivity contribution in [3.8, 4) is 17.1 Å². The van der Waals surface area contributed by atoms with Gasteiger partial charge < -0.3 is 4.74 Å². The second kappa shape index (κ2) is 7.79. The predicted molar refractivity (Wildman–Crippen MR) is 96.0 cm³/mol. The van der Waals surface area contributed by atoms with Gasteiger partial charge in [-0.05, 0) is 18.2 Å². The van der Waals surface area contributed by atoms with E-state index in [2.05, 4.69) is 32.4 Å². The van der Waals surface area contributed by atoms with Crippen molar-refractivity contribution >= 4 is 11.8 Å². The van der Waals surface area contributed by atoms with E-state index < -0.39 is 0 Å². The molecule has 1 aromatic carbocycles. The lowest BCUT2D eigenvalue weighted by atomic mass is 10.2. The molecule has 2 aromatic heterocycles. The van der Waals surface area contributed by atoms with E-state index in [0.29, 0.717) is 6.54 Å². The van der Waals surface area contributed by atoms with Gasteiger partial charge in [-0.1, -0.05) is 36.0 Å². The first-order chi connectivity index (χ1) is 11.8. The lowest BCUT2D eigenvalue weighted by Gasteiger charge is -2.09. The van der Waals surface area contributed by atoms with Crippen LogP contribution < -0.4 is 4.74 Å². The van der Waals surface area contributed by atoms with Gasteiger partial charge in [0.1, 0.15) is 5.75 Å². The normalized spacial score (nSPS) is 10.5. The molecule has 3 rings (SSSR count). The molecule has 0 aliphatic heterocycles. The van der Waals surface area contributed by atoms with Crippen LogP contribution in [0.3, 0.4) is 0 Å². The van der Waals surface area contributed by atoms with E-state index in [-0.39, 0.29) is 0 Å². The molecule has 0 saturated carbocycles. The number of ether oxygens (including phenoxy) is 1. The number of methoxy groups -OCH3 is 1. The Bertz CT molecular complexity index is 817. The van der Waals surface area contributed by atoms with Crippen LogP contribution in [-0.4, -0.2) is 26.9 Å². The molecule has 0 fully saturated rings. The van der Waals surface area contributed by atoms with Gasteiger partial charge in [0.05, 0.1) is 7.11 Å². The largest absolute Gasteiger partial charge is 0.496 e. The minimum atomic E-state index is 0.652. The summed E-state index contributed by atoms with van der Waals surface area (Å²) in [6, 6.07) is 11.9. The van der Waals surface area contributed by atoms with Crippen molar-refractivity contribution in [3.63, 3.8) is 0 Å². The Morgan fingerprint density at radius 3 is 2.71 bits per heavy atom. The minimum Gasteiger partial charge on any atom is -0.496 e. The highest BCUT2D eigenvalue weighted by molar-refractivity contribution is 7.98. The van der Waals surface area contributed by atoms with Crippen molar-refractivity contribution in [2.45, 2.75) is 17.5 Å². The zero-order valence-electron chi connectivity index (χ0n) is 13.4. The Kier molecular flexibility index (Phi) is 5.28. The van der Waals surface area contributed by atoms with Gasteiger partial charge in [-0.2, -0.15) is 0 Å². The van der Waals surface area contributed by atoms with E-state index >= 15 is 0 Å². The summed E-state index contributed by atoms with van der Waals surface area (Å²) in [5, 5.41) is 9.55. The molecule has 0 aliphatic rings. The summed E-state index contributed by atoms with van der Waals surface area (Å²) in [6.07, 6.45) is 5.36. The van der Waals surface area contributed by atoms with Crippen LogP contribution in [0, 0.1) is 0 Å². The second-order valence-electron chi connectivity index (χ2n) is 5.04. The van der Waals surface area contributed by atoms with Crippen LogP contribution in [0.4, 0.5) is 0 Å². The number of aromatic nitrogens is 4. The molecule has 3 aromatic rings. The van der Waals surface area contributed by atoms with Crippen molar-refractivity contribution in [1.82, 2.24) is 19.7 Å². The molecule has 0 aliphatic carbocycles. The summed E-state index contributed by atoms with van der Waals surface area (Å²) in [4.78, 5) is 4.05. The van der Waals surface area contributed by atoms with Crippen LogP contribution in [0.25, 0.3) is 11.4 Å². The molecule has 0 unspecified atom stereocenters. The Labute approximate surface area is 145 Å². The number of hydrogen-bond acceptors (Lipinski definition) is 5. The maximum atomic E-state index is 5.41. The van der Waals surface area contributed by atoms with E-state index in [4.69, 9.17) is 4.74 Å². The third-order valence-electron chi connectivity index (χ3n) is 3.52. The van der Waals surface area contributed by atoms with E-state index in [9.17, 15) is 0 Å². The number of benzene rings is 1. The summed E-state index contributed by atoms with van der Waals surface area (Å²) < 4.78 is 7.46. The van der Waals surface area contributed by atoms with Crippen LogP contribution in [0.2, 0.25) is 0 Å². The Balaban J connectivity index is 1.86. The van der Waals surface area contributed by atoms with Crippen molar-refractivity contribution in [1.29, 1.82) is 0 Å². The first-order valence-electron chi connectivity index (χ1n) is 7.52. The zero-order valence-corrected chi connectivity index (χ0v) is 14.2. The zero-order chi connectivity index (χ0) is 16.8. The third-order valence-corrected chi connectivity index (χ3v) is 4.53. The molecule has 0 atom stereocenters. The Morgan fingerprint density at radius 1 is 1.17 bits per heavy atom. The first-order valence-corrected chi connectivity index (χ1v) is 8.51. The molecule has 6 heteroatoms. The van der Waals surface area contributed by atoms with Crippen molar-refractivity contribution < 1.29 is 4.74 Å². The molecule has 0 amide bonds. The summed E-state index contributed by atoms with van der Waals surface area (Å²) in [5.41, 5.74) is 2.12. The fourth-order valence-corrected chi connectivity index (χ4v) is 3.31. The molecular formula is C18H18N4OS. The molecule has 0 N–H and O–H groups in total. The van der Waals surface area contributed by atoms with Gasteiger partial charge in [-0.15, -0.1) is 16.8 Å². The van der Waals surface area contributed by atoms with Gasteiger partial charge in [-0.25, -0.2) is 0 Å². The predicted octanol–water partition coefficient (Wildman–Crippen LogP) is 3.83. The van der Waals surface area contributed by atoms with Crippen LogP contribution in [0.1, 0.15) is 5.56 Å². The first kappa shape index (κ1) is 16.3. The number of thioether (sulfide) groups is 1. The van der Waals surface area contributed by atoms with Crippen LogP contribution >= 0.6 is 11.8 Å². The molecular weight excluding hydrogens is 320 g/mol. The van der Waals surface area contributed by atoms with Crippen molar-refractivity contribution in [3.05, 3.63) is 67.0 Å². The van der Waals surface area contributed by atoms with Gasteiger partial charge in [0, 0.05) is 35.8 Å². The molecule has 122 valence electrons. The number of nitrogens with zero attached hydrogens (tertiary/aromatic N) is 4. The van der Waals surface area contributed by atoms with E-state index in [1.165, 1.54) is 0 Å². The lowest BCUT2D eigenvalue weighted by Crippen LogP contribution is -2.01. The Hall–Kier alpha value is -2.60. The monoisotopic (exact) mass is 338 g/mol. The highest BCUT2D eigenvalue weighted by atomic mass is 32.2. The highest BCUT2D eigenvalue weighted by Crippen LogP contribution is 2.29. The van der Waals surface area contributed by atoms with Gasteiger partial charge in [0.15, 0.2) is 11.0 Å². The van der Waals surface area contributed by atoms with Gasteiger partial charge in [0.25, 0.3) is 0 Å². The average molecular weight is 338 g/mol. The standard InChI is InChI=1S/C18H18N4OS/c1-3-12-22-17(14-8-10-19-11-9-14)20-21-18(22)24-13-15-6-4-5-7-16(15)23-2/h3-11H,1,12-13H2,2H3.